The third-order valence-electron chi connectivity index (χ3n) is 12.6. The van der Waals surface area contributed by atoms with Gasteiger partial charge < -0.3 is 65.1 Å². The summed E-state index contributed by atoms with van der Waals surface area (Å²) in [4.78, 5) is 22.9. The van der Waals surface area contributed by atoms with Crippen molar-refractivity contribution < 1.29 is 71.1 Å². The average molecular weight is 1020 g/mol. The van der Waals surface area contributed by atoms with Crippen molar-refractivity contribution in [2.45, 2.75) is 106 Å². The Labute approximate surface area is 435 Å². The van der Waals surface area contributed by atoms with Crippen molar-refractivity contribution in [2.24, 2.45) is 22.3 Å². The summed E-state index contributed by atoms with van der Waals surface area (Å²) in [6.07, 6.45) is 7.42. The maximum absolute atomic E-state index is 10.0. The number of nitrogen functional groups attached to an aromatic ring is 2. The van der Waals surface area contributed by atoms with Crippen molar-refractivity contribution in [1.29, 1.82) is 0 Å². The SMILES string of the molecule is Cc1cc(N2CCC3(CC2)CO[C@@H](C)[C@H]3N)c(CO)nc1Br.Cc1cc(N2CCC3(CC2)CO[C@@H](C)[C@H]3N)c(CO)nc1Sc1ccnc(N)c1Cl.Nc1nccc([S-])c1Cl.[K+]. The number of hydrogen-bond acceptors (Lipinski definition) is 16. The van der Waals surface area contributed by atoms with Crippen LogP contribution >= 0.6 is 50.9 Å². The van der Waals surface area contributed by atoms with Crippen molar-refractivity contribution in [2.75, 3.05) is 60.7 Å². The molecule has 4 aliphatic heterocycles. The van der Waals surface area contributed by atoms with E-state index in [0.29, 0.717) is 32.3 Å². The van der Waals surface area contributed by atoms with Crippen LogP contribution in [0, 0.1) is 24.7 Å². The monoisotopic (exact) mass is 1020 g/mol. The van der Waals surface area contributed by atoms with E-state index in [1.807, 2.05) is 19.9 Å². The molecule has 0 radical (unpaired) electrons. The maximum Gasteiger partial charge on any atom is 1.00 e. The number of ether oxygens (including phenoxy) is 2. The van der Waals surface area contributed by atoms with Crippen LogP contribution in [0.25, 0.3) is 0 Å². The third kappa shape index (κ3) is 11.5. The van der Waals surface area contributed by atoms with Gasteiger partial charge in [-0.25, -0.2) is 19.9 Å². The number of piperidine rings is 2. The van der Waals surface area contributed by atoms with Crippen LogP contribution in [0.1, 0.15) is 62.0 Å². The minimum atomic E-state index is -0.128. The largest absolute Gasteiger partial charge is 1.00 e. The van der Waals surface area contributed by atoms with E-state index < -0.39 is 0 Å². The third-order valence-corrected chi connectivity index (χ3v) is 15.9. The van der Waals surface area contributed by atoms with Crippen LogP contribution in [0.3, 0.4) is 0 Å². The molecule has 2 spiro atoms. The van der Waals surface area contributed by atoms with Crippen LogP contribution in [0.4, 0.5) is 23.0 Å². The summed E-state index contributed by atoms with van der Waals surface area (Å²) in [6.45, 7) is 13.1. The van der Waals surface area contributed by atoms with Gasteiger partial charge in [0.2, 0.25) is 0 Å². The van der Waals surface area contributed by atoms with Gasteiger partial charge in [-0.15, -0.1) is 0 Å². The van der Waals surface area contributed by atoms with Gasteiger partial charge in [0.1, 0.15) is 21.3 Å². The van der Waals surface area contributed by atoms with Crippen LogP contribution in [0.5, 0.6) is 0 Å². The predicted octanol–water partition coefficient (Wildman–Crippen LogP) is 3.20. The van der Waals surface area contributed by atoms with E-state index in [9.17, 15) is 10.2 Å². The van der Waals surface area contributed by atoms with Crippen molar-refractivity contribution in [3.63, 3.8) is 0 Å². The average Bonchev–Trinajstić information content (AvgIpc) is 3.69. The molecule has 4 fully saturated rings. The molecule has 0 unspecified atom stereocenters. The smallest absolute Gasteiger partial charge is 0.778 e. The first kappa shape index (κ1) is 51.8. The van der Waals surface area contributed by atoms with E-state index in [1.165, 1.54) is 18.0 Å². The van der Waals surface area contributed by atoms with Gasteiger partial charge in [0.25, 0.3) is 0 Å². The molecule has 4 aliphatic rings. The van der Waals surface area contributed by atoms with Crippen LogP contribution in [-0.2, 0) is 35.3 Å². The summed E-state index contributed by atoms with van der Waals surface area (Å²) < 4.78 is 12.4. The molecule has 0 saturated carbocycles. The first-order valence-electron chi connectivity index (χ1n) is 20.3. The number of nitrogens with two attached hydrogens (primary N) is 4. The predicted molar refractivity (Wildman–Crippen MR) is 249 cm³/mol. The molecule has 0 aromatic carbocycles. The molecule has 4 saturated heterocycles. The second kappa shape index (κ2) is 22.5. The number of hydrogen-bond donors (Lipinski definition) is 6. The Bertz CT molecular complexity index is 2150. The summed E-state index contributed by atoms with van der Waals surface area (Å²) in [5.41, 5.74) is 29.6. The van der Waals surface area contributed by atoms with E-state index in [1.54, 1.807) is 12.3 Å². The fourth-order valence-corrected chi connectivity index (χ4v) is 10.3. The van der Waals surface area contributed by atoms with Crippen molar-refractivity contribution in [1.82, 2.24) is 19.9 Å². The topological polar surface area (TPSA) is 221 Å². The van der Waals surface area contributed by atoms with Gasteiger partial charge in [0.05, 0.1) is 71.4 Å². The van der Waals surface area contributed by atoms with E-state index in [-0.39, 0.29) is 99.7 Å². The summed E-state index contributed by atoms with van der Waals surface area (Å²) in [6, 6.07) is 7.85. The number of anilines is 4. The second-order valence-corrected chi connectivity index (χ2v) is 19.3. The molecular formula is C42H56BrCl2KN10O4S2. The number of pyridine rings is 4. The molecule has 14 nitrogen and oxygen atoms in total. The molecule has 0 aliphatic carbocycles. The normalized spacial score (nSPS) is 22.4. The first-order chi connectivity index (χ1) is 29.0. The van der Waals surface area contributed by atoms with E-state index in [2.05, 4.69) is 66.7 Å². The number of rotatable bonds is 6. The molecule has 332 valence electrons. The van der Waals surface area contributed by atoms with Crippen LogP contribution in [-0.4, -0.2) is 93.8 Å². The first-order valence-corrected chi connectivity index (χ1v) is 23.1. The quantitative estimate of drug-likeness (QED) is 0.0928. The number of nitrogens with zero attached hydrogens (tertiary/aromatic N) is 6. The van der Waals surface area contributed by atoms with Gasteiger partial charge in [-0.3, -0.25) is 0 Å². The summed E-state index contributed by atoms with van der Waals surface area (Å²) in [5, 5.41) is 21.2. The van der Waals surface area contributed by atoms with Gasteiger partial charge in [-0.2, -0.15) is 4.90 Å². The van der Waals surface area contributed by atoms with Crippen molar-refractivity contribution in [3.8, 4) is 0 Å². The Morgan fingerprint density at radius 1 is 0.790 bits per heavy atom. The number of aromatic nitrogens is 4. The Morgan fingerprint density at radius 2 is 1.24 bits per heavy atom. The van der Waals surface area contributed by atoms with E-state index in [4.69, 9.17) is 73.2 Å². The molecule has 4 aromatic rings. The number of aliphatic hydroxyl groups excluding tert-OH is 2. The van der Waals surface area contributed by atoms with Gasteiger partial charge in [-0.05, 0) is 98.6 Å². The van der Waals surface area contributed by atoms with Gasteiger partial charge >= 0.3 is 51.4 Å². The molecule has 0 bridgehead atoms. The van der Waals surface area contributed by atoms with Gasteiger partial charge in [-0.1, -0.05) is 41.0 Å². The summed E-state index contributed by atoms with van der Waals surface area (Å²) in [5.74, 6) is 0.591. The fraction of sp³-hybridized carbons (Fsp3) is 0.524. The zero-order valence-corrected chi connectivity index (χ0v) is 43.8. The molecule has 4 aromatic heterocycles. The molecule has 10 N–H and O–H groups in total. The standard InChI is InChI=1S/C21H28ClN5O2S.C16H24BrN3O2.C5H5ClN2S.K/c1-12-9-15(27-7-4-21(5-8-27)11-29-13(2)18(21)23)14(10-28)26-20(12)30-16-3-6-25-19(24)17(16)22;1-10-7-13(12(8-21)19-15(10)17)20-5-3-16(4-6-20)9-22-11(2)14(16)18;6-4-3(9)1-2-8-5(4)7;/h3,6,9,13,18,28H,4-5,7-8,10-11,23H2,1-2H3,(H2,24,25);7,11,14,21H,3-6,8-9,18H2,1-2H3;1-2H,(H3,7,8,9);/q;;;+1/p-1/t13-,18+;11-,14+;;/m00../s1. The molecule has 8 rings (SSSR count). The van der Waals surface area contributed by atoms with Crippen molar-refractivity contribution in [3.05, 3.63) is 73.8 Å². The zero-order chi connectivity index (χ0) is 44.2. The molecule has 8 heterocycles. The molecule has 20 heteroatoms. The molecule has 62 heavy (non-hydrogen) atoms. The Morgan fingerprint density at radius 3 is 1.68 bits per heavy atom. The van der Waals surface area contributed by atoms with Gasteiger partial charge in [0, 0.05) is 66.4 Å². The van der Waals surface area contributed by atoms with Crippen LogP contribution in [0.2, 0.25) is 10.0 Å². The molecule has 4 atom stereocenters. The molecular weight excluding hydrogens is 963 g/mol. The van der Waals surface area contributed by atoms with E-state index in [0.717, 1.165) is 108 Å². The second-order valence-electron chi connectivity index (χ2n) is 16.4. The van der Waals surface area contributed by atoms with E-state index >= 15 is 0 Å². The molecule has 0 amide bonds. The zero-order valence-electron chi connectivity index (χ0n) is 35.9. The number of aliphatic hydroxyl groups is 2. The fourth-order valence-electron chi connectivity index (χ4n) is 8.51. The van der Waals surface area contributed by atoms with Crippen LogP contribution < -0.4 is 84.1 Å². The number of aryl methyl sites for hydroxylation is 2. The Balaban J connectivity index is 0.000000198. The number of halogens is 3. The minimum absolute atomic E-state index is 0. The van der Waals surface area contributed by atoms with Gasteiger partial charge in [0.15, 0.2) is 0 Å². The summed E-state index contributed by atoms with van der Waals surface area (Å²) in [7, 11) is 0. The minimum Gasteiger partial charge on any atom is -0.778 e. The Hall–Kier alpha value is -1.17. The van der Waals surface area contributed by atoms with Crippen LogP contribution in [0.15, 0.2) is 56.1 Å². The van der Waals surface area contributed by atoms with Crippen molar-refractivity contribution >= 4 is 86.5 Å². The maximum atomic E-state index is 10.0. The summed E-state index contributed by atoms with van der Waals surface area (Å²) >= 11 is 21.5. The Kier molecular flexibility index (Phi) is 18.8.